The third-order valence-corrected chi connectivity index (χ3v) is 5.53. The van der Waals surface area contributed by atoms with E-state index in [9.17, 15) is 9.18 Å². The molecule has 0 atom stereocenters. The summed E-state index contributed by atoms with van der Waals surface area (Å²) in [6.07, 6.45) is 4.66. The van der Waals surface area contributed by atoms with Gasteiger partial charge in [-0.05, 0) is 66.6 Å². The van der Waals surface area contributed by atoms with Gasteiger partial charge in [0, 0.05) is 28.9 Å². The van der Waals surface area contributed by atoms with Crippen LogP contribution in [0.3, 0.4) is 0 Å². The Balaban J connectivity index is 1.76. The Morgan fingerprint density at radius 3 is 2.52 bits per heavy atom. The fourth-order valence-corrected chi connectivity index (χ4v) is 3.78. The zero-order valence-electron chi connectivity index (χ0n) is 17.7. The summed E-state index contributed by atoms with van der Waals surface area (Å²) in [7, 11) is 0. The Labute approximate surface area is 188 Å². The van der Waals surface area contributed by atoms with Crippen molar-refractivity contribution in [3.8, 4) is 28.1 Å². The van der Waals surface area contributed by atoms with Crippen LogP contribution in [-0.4, -0.2) is 25.7 Å². The molecule has 7 nitrogen and oxygen atoms in total. The normalized spacial score (nSPS) is 11.1. The number of halogens is 1. The van der Waals surface area contributed by atoms with Crippen LogP contribution in [0.2, 0.25) is 0 Å². The van der Waals surface area contributed by atoms with Gasteiger partial charge in [0.1, 0.15) is 17.3 Å². The summed E-state index contributed by atoms with van der Waals surface area (Å²) in [5.41, 5.74) is 17.3. The first-order chi connectivity index (χ1) is 15.9. The number of nitrogens with two attached hydrogens (primary N) is 2. The van der Waals surface area contributed by atoms with Crippen LogP contribution in [0.15, 0.2) is 73.2 Å². The van der Waals surface area contributed by atoms with Gasteiger partial charge in [-0.3, -0.25) is 9.78 Å². The second-order valence-corrected chi connectivity index (χ2v) is 7.69. The molecule has 1 amide bonds. The van der Waals surface area contributed by atoms with Gasteiger partial charge in [0.15, 0.2) is 0 Å². The summed E-state index contributed by atoms with van der Waals surface area (Å²) in [5.74, 6) is -0.725. The Morgan fingerprint density at radius 1 is 1.03 bits per heavy atom. The number of carbonyl (C=O) groups excluding carboxylic acids is 1. The highest BCUT2D eigenvalue weighted by Crippen LogP contribution is 2.36. The first-order valence-corrected chi connectivity index (χ1v) is 10.2. The largest absolute Gasteiger partial charge is 0.382 e. The van der Waals surface area contributed by atoms with E-state index in [1.165, 1.54) is 29.2 Å². The minimum atomic E-state index is -0.589. The number of fused-ring (bicyclic) bond motifs is 1. The van der Waals surface area contributed by atoms with Crippen molar-refractivity contribution in [3.63, 3.8) is 0 Å². The van der Waals surface area contributed by atoms with Gasteiger partial charge < -0.3 is 11.5 Å². The summed E-state index contributed by atoms with van der Waals surface area (Å²) in [5, 5.41) is 5.23. The summed E-state index contributed by atoms with van der Waals surface area (Å²) in [6.45, 7) is 2.02. The first-order valence-electron chi connectivity index (χ1n) is 10.2. The number of amides is 1. The van der Waals surface area contributed by atoms with Crippen molar-refractivity contribution in [1.82, 2.24) is 19.7 Å². The fraction of sp³-hybridized carbons (Fsp3) is 0.0400. The monoisotopic (exact) mass is 438 g/mol. The van der Waals surface area contributed by atoms with Gasteiger partial charge >= 0.3 is 0 Å². The maximum atomic E-state index is 13.6. The maximum Gasteiger partial charge on any atom is 0.251 e. The summed E-state index contributed by atoms with van der Waals surface area (Å²) >= 11 is 0. The average molecular weight is 438 g/mol. The lowest BCUT2D eigenvalue weighted by molar-refractivity contribution is 0.100. The number of pyridine rings is 2. The highest BCUT2D eigenvalue weighted by molar-refractivity contribution is 5.93. The molecule has 0 aliphatic rings. The maximum absolute atomic E-state index is 13.6. The van der Waals surface area contributed by atoms with Crippen LogP contribution in [0.4, 0.5) is 10.2 Å². The zero-order valence-corrected chi connectivity index (χ0v) is 17.7. The Kier molecular flexibility index (Phi) is 4.82. The van der Waals surface area contributed by atoms with Crippen LogP contribution < -0.4 is 11.5 Å². The molecule has 0 saturated heterocycles. The highest BCUT2D eigenvalue weighted by atomic mass is 19.1. The zero-order chi connectivity index (χ0) is 23.1. The van der Waals surface area contributed by atoms with Crippen molar-refractivity contribution in [2.75, 3.05) is 5.73 Å². The number of rotatable bonds is 4. The summed E-state index contributed by atoms with van der Waals surface area (Å²) < 4.78 is 15.0. The van der Waals surface area contributed by atoms with E-state index in [1.807, 2.05) is 37.3 Å². The van der Waals surface area contributed by atoms with E-state index in [2.05, 4.69) is 15.1 Å². The van der Waals surface area contributed by atoms with Crippen molar-refractivity contribution in [1.29, 1.82) is 0 Å². The minimum Gasteiger partial charge on any atom is -0.382 e. The van der Waals surface area contributed by atoms with Crippen molar-refractivity contribution >= 4 is 22.6 Å². The van der Waals surface area contributed by atoms with Gasteiger partial charge in [-0.25, -0.2) is 14.1 Å². The molecular formula is C25H19FN6O. The summed E-state index contributed by atoms with van der Waals surface area (Å²) in [6, 6.07) is 15.8. The number of anilines is 1. The molecule has 0 spiro atoms. The van der Waals surface area contributed by atoms with Crippen LogP contribution in [-0.2, 0) is 0 Å². The minimum absolute atomic E-state index is 0.204. The van der Waals surface area contributed by atoms with E-state index in [4.69, 9.17) is 11.5 Å². The lowest BCUT2D eigenvalue weighted by atomic mass is 9.96. The van der Waals surface area contributed by atoms with E-state index in [0.717, 1.165) is 27.6 Å². The average Bonchev–Trinajstić information content (AvgIpc) is 3.30. The van der Waals surface area contributed by atoms with Gasteiger partial charge in [-0.2, -0.15) is 5.10 Å². The molecule has 0 aliphatic heterocycles. The molecule has 3 aromatic heterocycles. The molecule has 0 bridgehead atoms. The first kappa shape index (κ1) is 20.3. The quantitative estimate of drug-likeness (QED) is 0.435. The number of benzene rings is 2. The fourth-order valence-electron chi connectivity index (χ4n) is 3.78. The van der Waals surface area contributed by atoms with E-state index in [0.29, 0.717) is 16.9 Å². The van der Waals surface area contributed by atoms with Gasteiger partial charge in [-0.15, -0.1) is 0 Å². The van der Waals surface area contributed by atoms with Crippen molar-refractivity contribution in [2.45, 2.75) is 6.92 Å². The van der Waals surface area contributed by atoms with Gasteiger partial charge in [0.05, 0.1) is 23.0 Å². The molecule has 4 N–H and O–H groups in total. The molecule has 2 aromatic carbocycles. The van der Waals surface area contributed by atoms with E-state index >= 15 is 0 Å². The Hall–Kier alpha value is -4.59. The number of aryl methyl sites for hydroxylation is 1. The number of carbonyl (C=O) groups is 1. The molecule has 8 heteroatoms. The lowest BCUT2D eigenvalue weighted by Gasteiger charge is -2.15. The smallest absolute Gasteiger partial charge is 0.251 e. The molecule has 0 unspecified atom stereocenters. The Bertz CT molecular complexity index is 1520. The highest BCUT2D eigenvalue weighted by Gasteiger charge is 2.17. The van der Waals surface area contributed by atoms with Crippen LogP contribution in [0.5, 0.6) is 0 Å². The molecule has 0 saturated carbocycles. The van der Waals surface area contributed by atoms with Crippen LogP contribution >= 0.6 is 0 Å². The Morgan fingerprint density at radius 2 is 1.79 bits per heavy atom. The van der Waals surface area contributed by atoms with Crippen LogP contribution in [0.25, 0.3) is 39.0 Å². The SMILES string of the molecule is Cc1ccnc2ccc(-c3cc(-n4cc(C(N)=O)cn4)c(N)nc3-c3ccc(F)cc3)cc12. The van der Waals surface area contributed by atoms with Gasteiger partial charge in [-0.1, -0.05) is 6.07 Å². The lowest BCUT2D eigenvalue weighted by Crippen LogP contribution is -2.10. The molecular weight excluding hydrogens is 419 g/mol. The second kappa shape index (κ2) is 7.83. The summed E-state index contributed by atoms with van der Waals surface area (Å²) in [4.78, 5) is 20.6. The molecule has 0 aliphatic carbocycles. The molecule has 33 heavy (non-hydrogen) atoms. The molecule has 3 heterocycles. The van der Waals surface area contributed by atoms with E-state index < -0.39 is 5.91 Å². The second-order valence-electron chi connectivity index (χ2n) is 7.69. The molecule has 0 fully saturated rings. The van der Waals surface area contributed by atoms with Gasteiger partial charge in [0.2, 0.25) is 0 Å². The predicted molar refractivity (Wildman–Crippen MR) is 125 cm³/mol. The van der Waals surface area contributed by atoms with Crippen LogP contribution in [0, 0.1) is 12.7 Å². The number of hydrogen-bond acceptors (Lipinski definition) is 5. The molecule has 5 rings (SSSR count). The third-order valence-electron chi connectivity index (χ3n) is 5.53. The molecule has 5 aromatic rings. The van der Waals surface area contributed by atoms with Crippen molar-refractivity contribution in [2.24, 2.45) is 5.73 Å². The van der Waals surface area contributed by atoms with E-state index in [-0.39, 0.29) is 17.2 Å². The number of nitrogens with zero attached hydrogens (tertiary/aromatic N) is 4. The van der Waals surface area contributed by atoms with Crippen LogP contribution in [0.1, 0.15) is 15.9 Å². The number of nitrogen functional groups attached to an aromatic ring is 1. The number of aromatic nitrogens is 4. The molecule has 0 radical (unpaired) electrons. The number of primary amides is 1. The van der Waals surface area contributed by atoms with E-state index in [1.54, 1.807) is 18.3 Å². The van der Waals surface area contributed by atoms with Crippen molar-refractivity contribution < 1.29 is 9.18 Å². The number of hydrogen-bond donors (Lipinski definition) is 2. The third kappa shape index (κ3) is 3.67. The topological polar surface area (TPSA) is 113 Å². The predicted octanol–water partition coefficient (Wildman–Crippen LogP) is 4.28. The standard InChI is InChI=1S/C25H19FN6O/c1-14-8-9-29-21-7-4-16(10-19(14)21)20-11-22(32-13-17(12-30-32)25(28)33)24(27)31-23(20)15-2-5-18(26)6-3-15/h2-13H,1H3,(H2,27,31)(H2,28,33). The molecule has 162 valence electrons. The van der Waals surface area contributed by atoms with Gasteiger partial charge in [0.25, 0.3) is 5.91 Å². The van der Waals surface area contributed by atoms with Crippen molar-refractivity contribution in [3.05, 3.63) is 90.1 Å².